The van der Waals surface area contributed by atoms with Crippen molar-refractivity contribution in [2.45, 2.75) is 24.3 Å². The van der Waals surface area contributed by atoms with Gasteiger partial charge in [-0.05, 0) is 25.0 Å². The van der Waals surface area contributed by atoms with Gasteiger partial charge in [0.05, 0.1) is 5.69 Å². The maximum absolute atomic E-state index is 13.0. The van der Waals surface area contributed by atoms with Crippen LogP contribution in [0.5, 0.6) is 0 Å². The molecule has 2 aliphatic heterocycles. The molecule has 1 fully saturated rings. The third-order valence-corrected chi connectivity index (χ3v) is 6.74. The number of benzene rings is 1. The molecular weight excluding hydrogens is 346 g/mol. The molecule has 0 aliphatic carbocycles. The number of nitrogens with zero attached hydrogens (tertiary/aromatic N) is 3. The maximum Gasteiger partial charge on any atom is 0.260 e. The Hall–Kier alpha value is -2.31. The highest BCUT2D eigenvalue weighted by Gasteiger charge is 2.31. The molecule has 0 saturated carbocycles. The van der Waals surface area contributed by atoms with Gasteiger partial charge in [0.25, 0.3) is 10.0 Å². The van der Waals surface area contributed by atoms with Crippen molar-refractivity contribution in [2.75, 3.05) is 13.1 Å². The van der Waals surface area contributed by atoms with Crippen LogP contribution in [0.2, 0.25) is 0 Å². The standard InChI is InChI=1S/C20H21N3O2S/c24-26(25,23-14-11-17(12-15-23)18-9-5-13-21-18)20-10-4-8-19(22-20)16-6-2-1-3-7-16/h1-4,6-10,13,17H,5,11-12,14-15H2. The summed E-state index contributed by atoms with van der Waals surface area (Å²) in [6, 6.07) is 14.8. The van der Waals surface area contributed by atoms with Crippen molar-refractivity contribution in [3.8, 4) is 11.3 Å². The van der Waals surface area contributed by atoms with Gasteiger partial charge in [-0.3, -0.25) is 4.99 Å². The van der Waals surface area contributed by atoms with E-state index < -0.39 is 10.0 Å². The van der Waals surface area contributed by atoms with Crippen LogP contribution in [-0.2, 0) is 10.0 Å². The van der Waals surface area contributed by atoms with E-state index in [1.54, 1.807) is 16.4 Å². The molecule has 1 aromatic carbocycles. The first-order valence-electron chi connectivity index (χ1n) is 8.90. The monoisotopic (exact) mass is 367 g/mol. The maximum atomic E-state index is 13.0. The van der Waals surface area contributed by atoms with Crippen molar-refractivity contribution in [3.63, 3.8) is 0 Å². The van der Waals surface area contributed by atoms with Crippen molar-refractivity contribution < 1.29 is 8.42 Å². The van der Waals surface area contributed by atoms with Crippen LogP contribution in [0.25, 0.3) is 11.3 Å². The molecular formula is C20H21N3O2S. The van der Waals surface area contributed by atoms with E-state index in [2.05, 4.69) is 16.1 Å². The summed E-state index contributed by atoms with van der Waals surface area (Å²) in [6.07, 6.45) is 6.56. The molecule has 5 nitrogen and oxygen atoms in total. The Kier molecular flexibility index (Phi) is 4.70. The second-order valence-electron chi connectivity index (χ2n) is 6.58. The molecule has 6 heteroatoms. The van der Waals surface area contributed by atoms with Crippen LogP contribution in [0.3, 0.4) is 0 Å². The predicted octanol–water partition coefficient (Wildman–Crippen LogP) is 3.51. The van der Waals surface area contributed by atoms with Crippen molar-refractivity contribution in [2.24, 2.45) is 10.9 Å². The van der Waals surface area contributed by atoms with Crippen LogP contribution in [-0.4, -0.2) is 37.0 Å². The normalized spacial score (nSPS) is 18.8. The average molecular weight is 367 g/mol. The van der Waals surface area contributed by atoms with Crippen LogP contribution < -0.4 is 0 Å². The minimum Gasteiger partial charge on any atom is -0.265 e. The second kappa shape index (κ2) is 7.13. The van der Waals surface area contributed by atoms with Crippen molar-refractivity contribution in [1.29, 1.82) is 0 Å². The van der Waals surface area contributed by atoms with E-state index in [0.29, 0.717) is 24.7 Å². The fraction of sp³-hybridized carbons (Fsp3) is 0.300. The Morgan fingerprint density at radius 2 is 1.73 bits per heavy atom. The average Bonchev–Trinajstić information content (AvgIpc) is 3.24. The molecule has 0 spiro atoms. The Morgan fingerprint density at radius 3 is 2.42 bits per heavy atom. The van der Waals surface area contributed by atoms with Gasteiger partial charge >= 0.3 is 0 Å². The summed E-state index contributed by atoms with van der Waals surface area (Å²) < 4.78 is 27.6. The molecule has 26 heavy (non-hydrogen) atoms. The topological polar surface area (TPSA) is 62.6 Å². The molecule has 2 aromatic rings. The quantitative estimate of drug-likeness (QED) is 0.831. The largest absolute Gasteiger partial charge is 0.265 e. The molecule has 4 rings (SSSR count). The third kappa shape index (κ3) is 3.34. The van der Waals surface area contributed by atoms with Gasteiger partial charge in [-0.15, -0.1) is 0 Å². The molecule has 0 radical (unpaired) electrons. The van der Waals surface area contributed by atoms with Crippen molar-refractivity contribution >= 4 is 16.2 Å². The Bertz CT molecular complexity index is 944. The van der Waals surface area contributed by atoms with Gasteiger partial charge in [-0.2, -0.15) is 4.31 Å². The van der Waals surface area contributed by atoms with E-state index in [1.807, 2.05) is 42.6 Å². The zero-order valence-corrected chi connectivity index (χ0v) is 15.3. The van der Waals surface area contributed by atoms with Gasteiger partial charge in [0.15, 0.2) is 5.03 Å². The first kappa shape index (κ1) is 17.1. The summed E-state index contributed by atoms with van der Waals surface area (Å²) in [7, 11) is -3.58. The lowest BCUT2D eigenvalue weighted by Crippen LogP contribution is -2.39. The van der Waals surface area contributed by atoms with Crippen molar-refractivity contribution in [1.82, 2.24) is 9.29 Å². The minimum absolute atomic E-state index is 0.121. The lowest BCUT2D eigenvalue weighted by Gasteiger charge is -2.30. The lowest BCUT2D eigenvalue weighted by molar-refractivity contribution is 0.296. The predicted molar refractivity (Wildman–Crippen MR) is 102 cm³/mol. The summed E-state index contributed by atoms with van der Waals surface area (Å²) in [5.41, 5.74) is 2.70. The number of pyridine rings is 1. The van der Waals surface area contributed by atoms with E-state index in [-0.39, 0.29) is 5.03 Å². The molecule has 1 saturated heterocycles. The molecule has 0 amide bonds. The molecule has 3 heterocycles. The summed E-state index contributed by atoms with van der Waals surface area (Å²) in [6.45, 7) is 1.02. The Labute approximate surface area is 154 Å². The van der Waals surface area contributed by atoms with Gasteiger partial charge in [0, 0.05) is 42.9 Å². The van der Waals surface area contributed by atoms with E-state index >= 15 is 0 Å². The zero-order chi connectivity index (χ0) is 18.0. The number of hydrogen-bond acceptors (Lipinski definition) is 4. The van der Waals surface area contributed by atoms with Crippen LogP contribution in [0.4, 0.5) is 0 Å². The highest BCUT2D eigenvalue weighted by atomic mass is 32.2. The molecule has 0 unspecified atom stereocenters. The molecule has 134 valence electrons. The van der Waals surface area contributed by atoms with Crippen molar-refractivity contribution in [3.05, 3.63) is 60.3 Å². The fourth-order valence-electron chi connectivity index (χ4n) is 3.51. The molecule has 0 atom stereocenters. The zero-order valence-electron chi connectivity index (χ0n) is 14.5. The molecule has 2 aliphatic rings. The van der Waals surface area contributed by atoms with Gasteiger partial charge < -0.3 is 0 Å². The van der Waals surface area contributed by atoms with Crippen LogP contribution in [0.1, 0.15) is 19.3 Å². The van der Waals surface area contributed by atoms with Gasteiger partial charge in [-0.1, -0.05) is 42.5 Å². The van der Waals surface area contributed by atoms with E-state index in [9.17, 15) is 8.42 Å². The van der Waals surface area contributed by atoms with E-state index in [1.165, 1.54) is 0 Å². The molecule has 0 N–H and O–H groups in total. The number of rotatable bonds is 4. The summed E-state index contributed by atoms with van der Waals surface area (Å²) in [5.74, 6) is 0.365. The lowest BCUT2D eigenvalue weighted by atomic mass is 9.95. The second-order valence-corrected chi connectivity index (χ2v) is 8.47. The van der Waals surface area contributed by atoms with Crippen LogP contribution >= 0.6 is 0 Å². The van der Waals surface area contributed by atoms with E-state index in [0.717, 1.165) is 30.5 Å². The SMILES string of the molecule is O=S(=O)(c1cccc(-c2ccccc2)n1)N1CCC(C2=CCC=N2)CC1. The third-order valence-electron chi connectivity index (χ3n) is 4.94. The van der Waals surface area contributed by atoms with Gasteiger partial charge in [0.2, 0.25) is 0 Å². The number of aromatic nitrogens is 1. The first-order valence-corrected chi connectivity index (χ1v) is 10.3. The highest BCUT2D eigenvalue weighted by Crippen LogP contribution is 2.30. The molecule has 0 bridgehead atoms. The minimum atomic E-state index is -3.58. The van der Waals surface area contributed by atoms with E-state index in [4.69, 9.17) is 0 Å². The number of aliphatic imine (C=N–C) groups is 1. The number of sulfonamides is 1. The number of allylic oxidation sites excluding steroid dienone is 2. The van der Waals surface area contributed by atoms with Crippen LogP contribution in [0, 0.1) is 5.92 Å². The highest BCUT2D eigenvalue weighted by molar-refractivity contribution is 7.89. The van der Waals surface area contributed by atoms with Gasteiger partial charge in [0.1, 0.15) is 0 Å². The van der Waals surface area contributed by atoms with Gasteiger partial charge in [-0.25, -0.2) is 13.4 Å². The molecule has 1 aromatic heterocycles. The summed E-state index contributed by atoms with van der Waals surface area (Å²) >= 11 is 0. The Morgan fingerprint density at radius 1 is 0.962 bits per heavy atom. The number of piperidine rings is 1. The summed E-state index contributed by atoms with van der Waals surface area (Å²) in [5, 5.41) is 0.121. The van der Waals surface area contributed by atoms with Crippen LogP contribution in [0.15, 0.2) is 70.3 Å². The smallest absolute Gasteiger partial charge is 0.260 e. The fourth-order valence-corrected chi connectivity index (χ4v) is 4.93. The number of hydrogen-bond donors (Lipinski definition) is 0. The first-order chi connectivity index (χ1) is 12.6. The Balaban J connectivity index is 1.53. The summed E-state index contributed by atoms with van der Waals surface area (Å²) in [4.78, 5) is 8.83.